The van der Waals surface area contributed by atoms with E-state index < -0.39 is 0 Å². The Labute approximate surface area is 124 Å². The van der Waals surface area contributed by atoms with Crippen LogP contribution >= 0.6 is 11.3 Å². The molecule has 2 aromatic heterocycles. The first-order valence-electron chi connectivity index (χ1n) is 7.27. The van der Waals surface area contributed by atoms with Crippen LogP contribution in [0.1, 0.15) is 58.8 Å². The number of aryl methyl sites for hydroxylation is 3. The van der Waals surface area contributed by atoms with Crippen molar-refractivity contribution in [3.63, 3.8) is 0 Å². The maximum atomic E-state index is 4.32. The van der Waals surface area contributed by atoms with Crippen molar-refractivity contribution < 1.29 is 0 Å². The van der Waals surface area contributed by atoms with Crippen LogP contribution < -0.4 is 5.32 Å². The molecule has 0 aliphatic heterocycles. The van der Waals surface area contributed by atoms with Crippen LogP contribution in [0.2, 0.25) is 0 Å². The van der Waals surface area contributed by atoms with Crippen molar-refractivity contribution in [3.05, 3.63) is 33.0 Å². The Bertz CT molecular complexity index is 609. The van der Waals surface area contributed by atoms with Gasteiger partial charge in [0.25, 0.3) is 0 Å². The maximum absolute atomic E-state index is 4.32. The van der Waals surface area contributed by atoms with Crippen molar-refractivity contribution in [2.75, 3.05) is 0 Å². The molecule has 108 valence electrons. The fourth-order valence-electron chi connectivity index (χ4n) is 2.78. The van der Waals surface area contributed by atoms with Crippen LogP contribution in [-0.2, 0) is 6.54 Å². The third-order valence-electron chi connectivity index (χ3n) is 3.96. The zero-order valence-corrected chi connectivity index (χ0v) is 13.4. The average molecular weight is 290 g/mol. The van der Waals surface area contributed by atoms with Gasteiger partial charge >= 0.3 is 0 Å². The lowest BCUT2D eigenvalue weighted by Gasteiger charge is -2.14. The second-order valence-electron chi connectivity index (χ2n) is 5.74. The van der Waals surface area contributed by atoms with E-state index >= 15 is 0 Å². The van der Waals surface area contributed by atoms with Crippen molar-refractivity contribution in [2.24, 2.45) is 0 Å². The summed E-state index contributed by atoms with van der Waals surface area (Å²) in [4.78, 5) is 2.78. The molecule has 0 bridgehead atoms. The van der Waals surface area contributed by atoms with Crippen molar-refractivity contribution in [1.29, 1.82) is 0 Å². The number of aromatic nitrogens is 3. The molecule has 20 heavy (non-hydrogen) atoms. The van der Waals surface area contributed by atoms with Gasteiger partial charge in [-0.3, -0.25) is 0 Å². The van der Waals surface area contributed by atoms with Crippen molar-refractivity contribution in [2.45, 2.75) is 59.2 Å². The van der Waals surface area contributed by atoms with Crippen LogP contribution in [0.4, 0.5) is 0 Å². The molecular formula is C15H22N4S. The number of thiophene rings is 1. The zero-order valence-electron chi connectivity index (χ0n) is 12.6. The van der Waals surface area contributed by atoms with E-state index in [2.05, 4.69) is 46.9 Å². The Morgan fingerprint density at radius 2 is 2.10 bits per heavy atom. The minimum atomic E-state index is 0.351. The van der Waals surface area contributed by atoms with Gasteiger partial charge in [0.15, 0.2) is 0 Å². The molecule has 5 heteroatoms. The van der Waals surface area contributed by atoms with E-state index in [1.807, 2.05) is 18.3 Å². The van der Waals surface area contributed by atoms with Crippen LogP contribution in [0.5, 0.6) is 0 Å². The molecule has 2 aromatic rings. The Morgan fingerprint density at radius 1 is 1.35 bits per heavy atom. The summed E-state index contributed by atoms with van der Waals surface area (Å²) in [6.07, 6.45) is 2.54. The summed E-state index contributed by atoms with van der Waals surface area (Å²) in [7, 11) is 0. The number of hydrogen-bond acceptors (Lipinski definition) is 4. The predicted molar refractivity (Wildman–Crippen MR) is 82.1 cm³/mol. The second-order valence-corrected chi connectivity index (χ2v) is 7.20. The highest BCUT2D eigenvalue weighted by atomic mass is 32.1. The van der Waals surface area contributed by atoms with Gasteiger partial charge in [-0.25, -0.2) is 0 Å². The molecule has 0 saturated heterocycles. The summed E-state index contributed by atoms with van der Waals surface area (Å²) >= 11 is 1.87. The fraction of sp³-hybridized carbons (Fsp3) is 0.600. The second kappa shape index (κ2) is 5.30. The van der Waals surface area contributed by atoms with Crippen molar-refractivity contribution in [1.82, 2.24) is 20.1 Å². The number of nitrogens with one attached hydrogen (secondary N) is 1. The summed E-state index contributed by atoms with van der Waals surface area (Å²) in [6.45, 7) is 9.42. The van der Waals surface area contributed by atoms with Crippen LogP contribution in [0, 0.1) is 20.8 Å². The Morgan fingerprint density at radius 3 is 2.70 bits per heavy atom. The van der Waals surface area contributed by atoms with Crippen molar-refractivity contribution in [3.8, 4) is 0 Å². The Balaban J connectivity index is 1.69. The molecule has 0 aromatic carbocycles. The van der Waals surface area contributed by atoms with E-state index in [0.29, 0.717) is 12.1 Å². The van der Waals surface area contributed by atoms with E-state index in [1.54, 1.807) is 0 Å². The summed E-state index contributed by atoms with van der Waals surface area (Å²) in [5, 5.41) is 12.1. The highest BCUT2D eigenvalue weighted by Gasteiger charge is 2.28. The lowest BCUT2D eigenvalue weighted by atomic mass is 10.1. The fourth-order valence-corrected chi connectivity index (χ4v) is 3.80. The van der Waals surface area contributed by atoms with Gasteiger partial charge in [0.1, 0.15) is 11.6 Å². The lowest BCUT2D eigenvalue weighted by molar-refractivity contribution is 0.534. The highest BCUT2D eigenvalue weighted by Crippen LogP contribution is 2.36. The van der Waals surface area contributed by atoms with Gasteiger partial charge in [-0.2, -0.15) is 0 Å². The van der Waals surface area contributed by atoms with E-state index in [4.69, 9.17) is 0 Å². The minimum absolute atomic E-state index is 0.351. The first-order valence-corrected chi connectivity index (χ1v) is 8.08. The van der Waals surface area contributed by atoms with Crippen molar-refractivity contribution >= 4 is 11.3 Å². The number of nitrogens with zero attached hydrogens (tertiary/aromatic N) is 3. The quantitative estimate of drug-likeness (QED) is 0.917. The third kappa shape index (κ3) is 2.65. The van der Waals surface area contributed by atoms with E-state index in [9.17, 15) is 0 Å². The monoisotopic (exact) mass is 290 g/mol. The maximum Gasteiger partial charge on any atom is 0.147 e. The van der Waals surface area contributed by atoms with Gasteiger partial charge in [-0.05, 0) is 52.2 Å². The van der Waals surface area contributed by atoms with Gasteiger partial charge in [-0.1, -0.05) is 0 Å². The molecule has 1 atom stereocenters. The van der Waals surface area contributed by atoms with Crippen LogP contribution in [-0.4, -0.2) is 14.8 Å². The Hall–Kier alpha value is -1.20. The molecule has 1 fully saturated rings. The highest BCUT2D eigenvalue weighted by molar-refractivity contribution is 7.12. The lowest BCUT2D eigenvalue weighted by Crippen LogP contribution is -2.21. The molecule has 1 N–H and O–H groups in total. The smallest absolute Gasteiger partial charge is 0.147 e. The normalized spacial score (nSPS) is 16.6. The van der Waals surface area contributed by atoms with Crippen LogP contribution in [0.3, 0.4) is 0 Å². The summed E-state index contributed by atoms with van der Waals surface area (Å²) in [5.41, 5.74) is 1.40. The molecular weight excluding hydrogens is 268 g/mol. The van der Waals surface area contributed by atoms with Crippen LogP contribution in [0.15, 0.2) is 6.07 Å². The molecule has 1 saturated carbocycles. The SMILES string of the molecule is Cc1cc([C@@H](C)NCc2nnc(C)n2C2CC2)c(C)s1. The largest absolute Gasteiger partial charge is 0.311 e. The van der Waals surface area contributed by atoms with E-state index in [-0.39, 0.29) is 0 Å². The zero-order chi connectivity index (χ0) is 14.3. The van der Waals surface area contributed by atoms with E-state index in [1.165, 1.54) is 28.2 Å². The summed E-state index contributed by atoms with van der Waals surface area (Å²) < 4.78 is 2.30. The molecule has 4 nitrogen and oxygen atoms in total. The molecule has 1 aliphatic rings. The van der Waals surface area contributed by atoms with E-state index in [0.717, 1.165) is 18.2 Å². The average Bonchev–Trinajstić information content (AvgIpc) is 3.08. The van der Waals surface area contributed by atoms with Gasteiger partial charge in [0.05, 0.1) is 6.54 Å². The molecule has 0 amide bonds. The standard InChI is InChI=1S/C15H22N4S/c1-9-7-14(11(3)20-9)10(2)16-8-15-18-17-12(4)19(15)13-5-6-13/h7,10,13,16H,5-6,8H2,1-4H3/t10-/m1/s1. The van der Waals surface area contributed by atoms with Gasteiger partial charge in [0.2, 0.25) is 0 Å². The third-order valence-corrected chi connectivity index (χ3v) is 4.94. The molecule has 2 heterocycles. The molecule has 3 rings (SSSR count). The summed E-state index contributed by atoms with van der Waals surface area (Å²) in [6, 6.07) is 3.28. The first kappa shape index (κ1) is 13.8. The van der Waals surface area contributed by atoms with Crippen LogP contribution in [0.25, 0.3) is 0 Å². The Kier molecular flexibility index (Phi) is 3.65. The predicted octanol–water partition coefficient (Wildman–Crippen LogP) is 3.45. The topological polar surface area (TPSA) is 42.7 Å². The summed E-state index contributed by atoms with van der Waals surface area (Å²) in [5.74, 6) is 2.11. The van der Waals surface area contributed by atoms with Gasteiger partial charge in [-0.15, -0.1) is 21.5 Å². The number of rotatable bonds is 5. The molecule has 0 spiro atoms. The van der Waals surface area contributed by atoms with Gasteiger partial charge < -0.3 is 9.88 Å². The molecule has 0 radical (unpaired) electrons. The van der Waals surface area contributed by atoms with Gasteiger partial charge in [0, 0.05) is 21.8 Å². The molecule has 0 unspecified atom stereocenters. The first-order chi connectivity index (χ1) is 9.56. The number of hydrogen-bond donors (Lipinski definition) is 1. The minimum Gasteiger partial charge on any atom is -0.311 e. The molecule has 1 aliphatic carbocycles.